The van der Waals surface area contributed by atoms with Crippen LogP contribution in [0.25, 0.3) is 0 Å². The van der Waals surface area contributed by atoms with Gasteiger partial charge in [-0.15, -0.1) is 0 Å². The van der Waals surface area contributed by atoms with Crippen LogP contribution in [0.3, 0.4) is 0 Å². The quantitative estimate of drug-likeness (QED) is 0.592. The second-order valence-electron chi connectivity index (χ2n) is 3.96. The van der Waals surface area contributed by atoms with Crippen molar-refractivity contribution in [3.05, 3.63) is 0 Å². The highest BCUT2D eigenvalue weighted by atomic mass is 16.6. The fraction of sp³-hybridized carbons (Fsp3) is 1.00. The van der Waals surface area contributed by atoms with E-state index in [4.69, 9.17) is 9.31 Å². The third-order valence-electron chi connectivity index (χ3n) is 2.56. The first-order chi connectivity index (χ1) is 5.65. The van der Waals surface area contributed by atoms with Gasteiger partial charge in [0.2, 0.25) is 0 Å². The van der Waals surface area contributed by atoms with Gasteiger partial charge in [0.1, 0.15) is 0 Å². The SMILES string of the molecule is CC[C@@H]1COB(C(C)C)O[C@H]1C. The molecule has 0 unspecified atom stereocenters. The summed E-state index contributed by atoms with van der Waals surface area (Å²) >= 11 is 0. The Morgan fingerprint density at radius 1 is 1.50 bits per heavy atom. The first-order valence-electron chi connectivity index (χ1n) is 4.92. The van der Waals surface area contributed by atoms with Crippen LogP contribution in [0.2, 0.25) is 5.82 Å². The molecule has 1 aliphatic rings. The normalized spacial score (nSPS) is 31.2. The molecule has 0 N–H and O–H groups in total. The van der Waals surface area contributed by atoms with Crippen molar-refractivity contribution in [2.75, 3.05) is 6.61 Å². The van der Waals surface area contributed by atoms with Gasteiger partial charge in [0, 0.05) is 18.6 Å². The zero-order valence-electron chi connectivity index (χ0n) is 8.54. The smallest absolute Gasteiger partial charge is 0.411 e. The van der Waals surface area contributed by atoms with E-state index in [2.05, 4.69) is 27.7 Å². The molecule has 1 rings (SSSR count). The van der Waals surface area contributed by atoms with Gasteiger partial charge in [-0.3, -0.25) is 0 Å². The molecule has 12 heavy (non-hydrogen) atoms. The molecular weight excluding hydrogens is 151 g/mol. The molecule has 0 spiro atoms. The lowest BCUT2D eigenvalue weighted by Crippen LogP contribution is -2.42. The molecule has 0 amide bonds. The van der Waals surface area contributed by atoms with Crippen LogP contribution in [-0.2, 0) is 9.31 Å². The lowest BCUT2D eigenvalue weighted by atomic mass is 9.72. The van der Waals surface area contributed by atoms with E-state index in [0.717, 1.165) is 13.0 Å². The monoisotopic (exact) mass is 170 g/mol. The van der Waals surface area contributed by atoms with Crippen molar-refractivity contribution in [3.63, 3.8) is 0 Å². The third kappa shape index (κ3) is 2.24. The molecule has 2 nitrogen and oxygen atoms in total. The highest BCUT2D eigenvalue weighted by molar-refractivity contribution is 6.46. The molecule has 1 fully saturated rings. The molecule has 0 saturated carbocycles. The lowest BCUT2D eigenvalue weighted by Gasteiger charge is -2.34. The minimum Gasteiger partial charge on any atom is -0.411 e. The summed E-state index contributed by atoms with van der Waals surface area (Å²) in [5.41, 5.74) is 0. The Morgan fingerprint density at radius 2 is 2.17 bits per heavy atom. The van der Waals surface area contributed by atoms with E-state index >= 15 is 0 Å². The first-order valence-corrected chi connectivity index (χ1v) is 4.92. The fourth-order valence-electron chi connectivity index (χ4n) is 1.52. The predicted octanol–water partition coefficient (Wildman–Crippen LogP) is 2.35. The average molecular weight is 170 g/mol. The Balaban J connectivity index is 2.40. The van der Waals surface area contributed by atoms with Gasteiger partial charge in [0.25, 0.3) is 0 Å². The molecule has 0 aromatic heterocycles. The van der Waals surface area contributed by atoms with E-state index in [1.807, 2.05) is 0 Å². The third-order valence-corrected chi connectivity index (χ3v) is 2.56. The van der Waals surface area contributed by atoms with Crippen molar-refractivity contribution < 1.29 is 9.31 Å². The Hall–Kier alpha value is -0.0151. The molecule has 0 aromatic rings. The van der Waals surface area contributed by atoms with Crippen LogP contribution in [0.5, 0.6) is 0 Å². The highest BCUT2D eigenvalue weighted by Gasteiger charge is 2.33. The zero-order chi connectivity index (χ0) is 9.14. The second-order valence-corrected chi connectivity index (χ2v) is 3.96. The van der Waals surface area contributed by atoms with Gasteiger partial charge in [-0.1, -0.05) is 20.8 Å². The molecule has 0 bridgehead atoms. The fourth-order valence-corrected chi connectivity index (χ4v) is 1.52. The Morgan fingerprint density at radius 3 is 2.58 bits per heavy atom. The van der Waals surface area contributed by atoms with Crippen LogP contribution >= 0.6 is 0 Å². The minimum atomic E-state index is 0.0165. The molecular formula is C9H19BO2. The van der Waals surface area contributed by atoms with Crippen molar-refractivity contribution in [1.82, 2.24) is 0 Å². The average Bonchev–Trinajstić information content (AvgIpc) is 2.04. The van der Waals surface area contributed by atoms with Crippen molar-refractivity contribution in [1.29, 1.82) is 0 Å². The molecule has 0 aliphatic carbocycles. The maximum Gasteiger partial charge on any atom is 0.459 e. The van der Waals surface area contributed by atoms with Crippen LogP contribution in [0.1, 0.15) is 34.1 Å². The van der Waals surface area contributed by atoms with Gasteiger partial charge in [0.05, 0.1) is 0 Å². The van der Waals surface area contributed by atoms with E-state index in [1.165, 1.54) is 0 Å². The number of rotatable bonds is 2. The van der Waals surface area contributed by atoms with Gasteiger partial charge in [-0.25, -0.2) is 0 Å². The summed E-state index contributed by atoms with van der Waals surface area (Å²) < 4.78 is 11.3. The molecule has 2 atom stereocenters. The molecule has 0 radical (unpaired) electrons. The van der Waals surface area contributed by atoms with Crippen molar-refractivity contribution in [3.8, 4) is 0 Å². The molecule has 70 valence electrons. The van der Waals surface area contributed by atoms with Gasteiger partial charge in [-0.2, -0.15) is 0 Å². The molecule has 3 heteroatoms. The standard InChI is InChI=1S/C9H19BO2/c1-5-9-6-11-10(7(2)3)12-8(9)4/h7-9H,5-6H2,1-4H3/t8-,9+/m0/s1. The van der Waals surface area contributed by atoms with E-state index in [-0.39, 0.29) is 7.12 Å². The highest BCUT2D eigenvalue weighted by Crippen LogP contribution is 2.24. The second kappa shape index (κ2) is 4.29. The molecule has 0 aromatic carbocycles. The number of hydrogen-bond acceptors (Lipinski definition) is 2. The molecule has 1 saturated heterocycles. The van der Waals surface area contributed by atoms with Crippen molar-refractivity contribution in [2.45, 2.75) is 46.0 Å². The maximum atomic E-state index is 5.73. The molecule has 1 heterocycles. The summed E-state index contributed by atoms with van der Waals surface area (Å²) in [6, 6.07) is 0. The Labute approximate surface area is 75.8 Å². The summed E-state index contributed by atoms with van der Waals surface area (Å²) in [7, 11) is 0.0165. The Kier molecular flexibility index (Phi) is 3.60. The van der Waals surface area contributed by atoms with Crippen LogP contribution < -0.4 is 0 Å². The summed E-state index contributed by atoms with van der Waals surface area (Å²) in [6.45, 7) is 9.45. The van der Waals surface area contributed by atoms with Crippen molar-refractivity contribution >= 4 is 7.12 Å². The van der Waals surface area contributed by atoms with Gasteiger partial charge in [0.15, 0.2) is 0 Å². The van der Waals surface area contributed by atoms with E-state index in [0.29, 0.717) is 17.8 Å². The van der Waals surface area contributed by atoms with Crippen LogP contribution in [0, 0.1) is 5.92 Å². The van der Waals surface area contributed by atoms with Gasteiger partial charge >= 0.3 is 7.12 Å². The van der Waals surface area contributed by atoms with E-state index in [9.17, 15) is 0 Å². The topological polar surface area (TPSA) is 18.5 Å². The molecule has 1 aliphatic heterocycles. The summed E-state index contributed by atoms with van der Waals surface area (Å²) in [4.78, 5) is 0. The Bertz CT molecular complexity index is 138. The maximum absolute atomic E-state index is 5.73. The van der Waals surface area contributed by atoms with E-state index in [1.54, 1.807) is 0 Å². The summed E-state index contributed by atoms with van der Waals surface area (Å²) in [5.74, 6) is 1.05. The van der Waals surface area contributed by atoms with E-state index < -0.39 is 0 Å². The number of hydrogen-bond donors (Lipinski definition) is 0. The van der Waals surface area contributed by atoms with Crippen LogP contribution in [0.4, 0.5) is 0 Å². The largest absolute Gasteiger partial charge is 0.459 e. The predicted molar refractivity (Wildman–Crippen MR) is 51.1 cm³/mol. The summed E-state index contributed by atoms with van der Waals surface area (Å²) in [5, 5.41) is 0. The first kappa shape index (κ1) is 10.1. The zero-order valence-corrected chi connectivity index (χ0v) is 8.54. The summed E-state index contributed by atoms with van der Waals surface area (Å²) in [6.07, 6.45) is 1.50. The van der Waals surface area contributed by atoms with Crippen LogP contribution in [-0.4, -0.2) is 19.8 Å². The minimum absolute atomic E-state index is 0.0165. The van der Waals surface area contributed by atoms with Gasteiger partial charge < -0.3 is 9.31 Å². The van der Waals surface area contributed by atoms with Crippen LogP contribution in [0.15, 0.2) is 0 Å². The van der Waals surface area contributed by atoms with Crippen molar-refractivity contribution in [2.24, 2.45) is 5.92 Å². The van der Waals surface area contributed by atoms with Gasteiger partial charge in [-0.05, 0) is 19.2 Å². The lowest BCUT2D eigenvalue weighted by molar-refractivity contribution is 0.0182.